The Balaban J connectivity index is 1.72. The van der Waals surface area contributed by atoms with E-state index in [9.17, 15) is 23.9 Å². The summed E-state index contributed by atoms with van der Waals surface area (Å²) in [6.07, 6.45) is 3.64. The van der Waals surface area contributed by atoms with Crippen molar-refractivity contribution in [3.05, 3.63) is 23.5 Å². The van der Waals surface area contributed by atoms with Gasteiger partial charge in [-0.15, -0.1) is 0 Å². The number of carboxylic acid groups (broad SMARTS) is 1. The molecule has 8 nitrogen and oxygen atoms in total. The van der Waals surface area contributed by atoms with Gasteiger partial charge in [-0.25, -0.2) is 4.39 Å². The third-order valence-electron chi connectivity index (χ3n) is 8.26. The van der Waals surface area contributed by atoms with Gasteiger partial charge in [0.1, 0.15) is 5.75 Å². The lowest BCUT2D eigenvalue weighted by Crippen LogP contribution is -2.49. The van der Waals surface area contributed by atoms with E-state index in [4.69, 9.17) is 9.47 Å². The Labute approximate surface area is 225 Å². The van der Waals surface area contributed by atoms with Crippen molar-refractivity contribution in [3.8, 4) is 11.5 Å². The van der Waals surface area contributed by atoms with Crippen LogP contribution in [0, 0.1) is 29.0 Å². The van der Waals surface area contributed by atoms with Gasteiger partial charge in [0.2, 0.25) is 5.91 Å². The van der Waals surface area contributed by atoms with Gasteiger partial charge >= 0.3 is 5.97 Å². The number of carbonyl (C=O) groups excluding carboxylic acids is 2. The maximum Gasteiger partial charge on any atom is 0.309 e. The van der Waals surface area contributed by atoms with Crippen LogP contribution in [0.15, 0.2) is 12.1 Å². The lowest BCUT2D eigenvalue weighted by Gasteiger charge is -2.34. The van der Waals surface area contributed by atoms with Gasteiger partial charge in [-0.1, -0.05) is 34.1 Å². The zero-order valence-electron chi connectivity index (χ0n) is 23.4. The number of amides is 2. The summed E-state index contributed by atoms with van der Waals surface area (Å²) in [5.74, 6) is -1.76. The maximum atomic E-state index is 14.9. The second-order valence-electron chi connectivity index (χ2n) is 11.8. The van der Waals surface area contributed by atoms with Crippen molar-refractivity contribution >= 4 is 17.8 Å². The van der Waals surface area contributed by atoms with Crippen molar-refractivity contribution in [1.82, 2.24) is 10.6 Å². The molecule has 2 amide bonds. The van der Waals surface area contributed by atoms with Crippen LogP contribution in [0.1, 0.15) is 89.9 Å². The molecule has 0 aliphatic heterocycles. The fourth-order valence-electron chi connectivity index (χ4n) is 5.78. The van der Waals surface area contributed by atoms with E-state index in [-0.39, 0.29) is 58.9 Å². The number of ether oxygens (including phenoxy) is 2. The summed E-state index contributed by atoms with van der Waals surface area (Å²) in [4.78, 5) is 38.0. The van der Waals surface area contributed by atoms with E-state index in [0.29, 0.717) is 38.5 Å². The number of carbonyl (C=O) groups is 3. The molecule has 3 rings (SSSR count). The van der Waals surface area contributed by atoms with Gasteiger partial charge in [0.15, 0.2) is 11.6 Å². The van der Waals surface area contributed by atoms with E-state index < -0.39 is 23.1 Å². The van der Waals surface area contributed by atoms with Crippen LogP contribution < -0.4 is 20.1 Å². The van der Waals surface area contributed by atoms with Crippen LogP contribution in [-0.4, -0.2) is 48.2 Å². The van der Waals surface area contributed by atoms with Crippen LogP contribution >= 0.6 is 0 Å². The van der Waals surface area contributed by atoms with Crippen molar-refractivity contribution in [1.29, 1.82) is 0 Å². The first-order chi connectivity index (χ1) is 17.9. The van der Waals surface area contributed by atoms with E-state index in [1.807, 2.05) is 0 Å². The molecule has 2 fully saturated rings. The fraction of sp³-hybridized carbons (Fsp3) is 0.690. The lowest BCUT2D eigenvalue weighted by atomic mass is 9.75. The van der Waals surface area contributed by atoms with Crippen molar-refractivity contribution in [3.63, 3.8) is 0 Å². The van der Waals surface area contributed by atoms with Gasteiger partial charge in [0, 0.05) is 18.2 Å². The highest BCUT2D eigenvalue weighted by Crippen LogP contribution is 2.38. The molecule has 2 aliphatic carbocycles. The number of methoxy groups -OCH3 is 1. The first-order valence-electron chi connectivity index (χ1n) is 13.7. The molecule has 0 radical (unpaired) electrons. The summed E-state index contributed by atoms with van der Waals surface area (Å²) in [6.45, 7) is 10.0. The second kappa shape index (κ2) is 12.3. The predicted octanol–water partition coefficient (Wildman–Crippen LogP) is 4.94. The summed E-state index contributed by atoms with van der Waals surface area (Å²) in [5, 5.41) is 15.6. The van der Waals surface area contributed by atoms with Crippen molar-refractivity contribution in [2.75, 3.05) is 7.11 Å². The Morgan fingerprint density at radius 2 is 1.66 bits per heavy atom. The molecule has 2 atom stereocenters. The Morgan fingerprint density at radius 1 is 1.03 bits per heavy atom. The minimum atomic E-state index is -0.839. The van der Waals surface area contributed by atoms with Crippen LogP contribution in [0.3, 0.4) is 0 Å². The summed E-state index contributed by atoms with van der Waals surface area (Å²) in [7, 11) is 1.36. The third-order valence-corrected chi connectivity index (χ3v) is 8.26. The van der Waals surface area contributed by atoms with Gasteiger partial charge in [0.25, 0.3) is 5.91 Å². The van der Waals surface area contributed by atoms with Gasteiger partial charge in [-0.2, -0.15) is 0 Å². The lowest BCUT2D eigenvalue weighted by molar-refractivity contribution is -0.150. The normalized spacial score (nSPS) is 25.5. The highest BCUT2D eigenvalue weighted by Gasteiger charge is 2.39. The smallest absolute Gasteiger partial charge is 0.309 e. The first-order valence-corrected chi connectivity index (χ1v) is 13.7. The standard InChI is InChI=1S/C29H43FN2O6/c1-16(2)25(17(3)4)32-26(33)19-8-7-9-22(19)31-27(34)20-14-24(21(30)15-23(20)37-6)38-18-10-12-29(5,13-11-18)28(35)36/h14-19,22,25H,7-13H2,1-6H3,(H,31,34)(H,32,33)(H,35,36). The highest BCUT2D eigenvalue weighted by atomic mass is 19.1. The molecule has 0 saturated heterocycles. The van der Waals surface area contributed by atoms with Crippen LogP contribution in [0.4, 0.5) is 4.39 Å². The van der Waals surface area contributed by atoms with E-state index in [1.54, 1.807) is 6.92 Å². The molecule has 9 heteroatoms. The molecule has 0 aromatic heterocycles. The zero-order valence-corrected chi connectivity index (χ0v) is 23.4. The largest absolute Gasteiger partial charge is 0.496 e. The van der Waals surface area contributed by atoms with Gasteiger partial charge in [-0.05, 0) is 63.4 Å². The predicted molar refractivity (Wildman–Crippen MR) is 142 cm³/mol. The number of aliphatic carboxylic acids is 1. The minimum Gasteiger partial charge on any atom is -0.496 e. The number of carboxylic acids is 1. The molecule has 1 aromatic rings. The maximum absolute atomic E-state index is 14.9. The molecule has 2 saturated carbocycles. The molecule has 2 unspecified atom stereocenters. The monoisotopic (exact) mass is 534 g/mol. The average molecular weight is 535 g/mol. The van der Waals surface area contributed by atoms with Gasteiger partial charge < -0.3 is 25.2 Å². The Morgan fingerprint density at radius 3 is 2.21 bits per heavy atom. The van der Waals surface area contributed by atoms with Crippen LogP contribution in [0.25, 0.3) is 0 Å². The number of benzene rings is 1. The molecule has 1 aromatic carbocycles. The Kier molecular flexibility index (Phi) is 9.65. The van der Waals surface area contributed by atoms with Gasteiger partial charge in [0.05, 0.1) is 30.1 Å². The van der Waals surface area contributed by atoms with Gasteiger partial charge in [-0.3, -0.25) is 14.4 Å². The number of nitrogens with one attached hydrogen (secondary N) is 2. The summed E-state index contributed by atoms with van der Waals surface area (Å²) < 4.78 is 26.0. The third kappa shape index (κ3) is 6.77. The summed E-state index contributed by atoms with van der Waals surface area (Å²) in [5.41, 5.74) is -0.680. The molecule has 3 N–H and O–H groups in total. The van der Waals surface area contributed by atoms with Crippen molar-refractivity contribution in [2.45, 2.75) is 97.8 Å². The molecule has 212 valence electrons. The topological polar surface area (TPSA) is 114 Å². The Bertz CT molecular complexity index is 1010. The molecule has 2 aliphatic rings. The molecular weight excluding hydrogens is 491 g/mol. The minimum absolute atomic E-state index is 0.0458. The molecule has 0 bridgehead atoms. The summed E-state index contributed by atoms with van der Waals surface area (Å²) in [6, 6.07) is 2.17. The highest BCUT2D eigenvalue weighted by molar-refractivity contribution is 5.98. The number of hydrogen-bond acceptors (Lipinski definition) is 5. The van der Waals surface area contributed by atoms with Crippen LogP contribution in [-0.2, 0) is 9.59 Å². The van der Waals surface area contributed by atoms with Crippen LogP contribution in [0.5, 0.6) is 11.5 Å². The molecule has 0 heterocycles. The molecule has 0 spiro atoms. The van der Waals surface area contributed by atoms with E-state index >= 15 is 0 Å². The summed E-state index contributed by atoms with van der Waals surface area (Å²) >= 11 is 0. The second-order valence-corrected chi connectivity index (χ2v) is 11.8. The van der Waals surface area contributed by atoms with E-state index in [2.05, 4.69) is 38.3 Å². The molecule has 38 heavy (non-hydrogen) atoms. The Hall–Kier alpha value is -2.84. The zero-order chi connectivity index (χ0) is 28.2. The quantitative estimate of drug-likeness (QED) is 0.392. The van der Waals surface area contributed by atoms with E-state index in [1.165, 1.54) is 13.2 Å². The SMILES string of the molecule is COc1cc(F)c(OC2CCC(C)(C(=O)O)CC2)cc1C(=O)NC1CCCC1C(=O)NC(C(C)C)C(C)C. The molecular formula is C29H43FN2O6. The first kappa shape index (κ1) is 29.7. The average Bonchev–Trinajstić information content (AvgIpc) is 3.32. The van der Waals surface area contributed by atoms with E-state index in [0.717, 1.165) is 12.5 Å². The van der Waals surface area contributed by atoms with Crippen molar-refractivity contribution < 1.29 is 33.4 Å². The number of rotatable bonds is 10. The number of halogens is 1. The van der Waals surface area contributed by atoms with Crippen molar-refractivity contribution in [2.24, 2.45) is 23.2 Å². The number of hydrogen-bond donors (Lipinski definition) is 3. The van der Waals surface area contributed by atoms with Crippen LogP contribution in [0.2, 0.25) is 0 Å². The fourth-order valence-corrected chi connectivity index (χ4v) is 5.78.